The van der Waals surface area contributed by atoms with Crippen LogP contribution in [0, 0.1) is 6.92 Å². The van der Waals surface area contributed by atoms with Gasteiger partial charge in [0.05, 0.1) is 6.54 Å². The van der Waals surface area contributed by atoms with E-state index in [1.165, 1.54) is 4.90 Å². The van der Waals surface area contributed by atoms with Crippen molar-refractivity contribution in [3.05, 3.63) is 93.4 Å². The molecule has 0 saturated carbocycles. The number of carbonyl (C=O) groups is 2. The summed E-state index contributed by atoms with van der Waals surface area (Å²) in [6, 6.07) is 18.1. The number of amides is 2. The predicted octanol–water partition coefficient (Wildman–Crippen LogP) is 5.99. The van der Waals surface area contributed by atoms with E-state index in [4.69, 9.17) is 32.4 Å². The van der Waals surface area contributed by atoms with Crippen LogP contribution in [0.15, 0.2) is 65.1 Å². The lowest BCUT2D eigenvalue weighted by molar-refractivity contribution is -0.133. The average Bonchev–Trinajstić information content (AvgIpc) is 3.24. The van der Waals surface area contributed by atoms with Gasteiger partial charge in [0.25, 0.3) is 5.91 Å². The van der Waals surface area contributed by atoms with Crippen molar-refractivity contribution >= 4 is 35.0 Å². The first-order chi connectivity index (χ1) is 16.9. The zero-order chi connectivity index (χ0) is 25.2. The average molecular weight is 517 g/mol. The number of hydrogen-bond acceptors (Lipinski definition) is 4. The Morgan fingerprint density at radius 2 is 1.66 bits per heavy atom. The third-order valence-electron chi connectivity index (χ3n) is 5.36. The van der Waals surface area contributed by atoms with Crippen LogP contribution in [0.25, 0.3) is 0 Å². The van der Waals surface area contributed by atoms with Gasteiger partial charge >= 0.3 is 0 Å². The summed E-state index contributed by atoms with van der Waals surface area (Å²) in [5.41, 5.74) is 1.32. The Bertz CT molecular complexity index is 1100. The van der Waals surface area contributed by atoms with E-state index in [1.807, 2.05) is 56.3 Å². The molecule has 0 radical (unpaired) electrons. The molecule has 0 N–H and O–H groups in total. The summed E-state index contributed by atoms with van der Waals surface area (Å²) < 4.78 is 11.2. The molecule has 2 amide bonds. The van der Waals surface area contributed by atoms with Gasteiger partial charge in [-0.2, -0.15) is 0 Å². The van der Waals surface area contributed by atoms with E-state index >= 15 is 0 Å². The molecule has 0 aliphatic rings. The largest absolute Gasteiger partial charge is 0.464 e. The minimum absolute atomic E-state index is 0.0956. The van der Waals surface area contributed by atoms with E-state index < -0.39 is 0 Å². The first-order valence-electron chi connectivity index (χ1n) is 11.6. The molecule has 0 saturated heterocycles. The van der Waals surface area contributed by atoms with Crippen LogP contribution in [0.2, 0.25) is 10.0 Å². The second-order valence-corrected chi connectivity index (χ2v) is 9.06. The van der Waals surface area contributed by atoms with Crippen molar-refractivity contribution < 1.29 is 18.7 Å². The first kappa shape index (κ1) is 26.8. The molecule has 2 aromatic carbocycles. The zero-order valence-electron chi connectivity index (χ0n) is 20.0. The van der Waals surface area contributed by atoms with Crippen molar-refractivity contribution in [1.82, 2.24) is 9.80 Å². The van der Waals surface area contributed by atoms with Crippen LogP contribution in [0.5, 0.6) is 0 Å². The number of carbonyl (C=O) groups excluding carboxylic acids is 2. The molecule has 0 fully saturated rings. The number of benzene rings is 2. The van der Waals surface area contributed by atoms with Crippen molar-refractivity contribution in [3.8, 4) is 0 Å². The molecule has 35 heavy (non-hydrogen) atoms. The van der Waals surface area contributed by atoms with Gasteiger partial charge < -0.3 is 19.0 Å². The summed E-state index contributed by atoms with van der Waals surface area (Å²) in [4.78, 5) is 30.1. The lowest BCUT2D eigenvalue weighted by Crippen LogP contribution is -2.43. The third-order valence-corrected chi connectivity index (χ3v) is 5.79. The molecule has 0 unspecified atom stereocenters. The highest BCUT2D eigenvalue weighted by Gasteiger charge is 2.24. The number of ether oxygens (including phenoxy) is 1. The van der Waals surface area contributed by atoms with E-state index in [9.17, 15) is 9.59 Å². The van der Waals surface area contributed by atoms with Crippen LogP contribution >= 0.6 is 23.2 Å². The summed E-state index contributed by atoms with van der Waals surface area (Å²) in [7, 11) is 0. The lowest BCUT2D eigenvalue weighted by atomic mass is 10.1. The molecule has 1 aromatic heterocycles. The molecule has 0 aliphatic heterocycles. The molecule has 0 atom stereocenters. The molecule has 6 nitrogen and oxygen atoms in total. The zero-order valence-corrected chi connectivity index (χ0v) is 21.5. The maximum absolute atomic E-state index is 13.5. The van der Waals surface area contributed by atoms with Crippen LogP contribution in [0.4, 0.5) is 0 Å². The van der Waals surface area contributed by atoms with Gasteiger partial charge in [-0.1, -0.05) is 53.5 Å². The number of halogens is 2. The van der Waals surface area contributed by atoms with Crippen molar-refractivity contribution in [3.63, 3.8) is 0 Å². The Balaban J connectivity index is 1.81. The Kier molecular flexibility index (Phi) is 10.2. The predicted molar refractivity (Wildman–Crippen MR) is 138 cm³/mol. The van der Waals surface area contributed by atoms with Crippen LogP contribution in [0.3, 0.4) is 0 Å². The quantitative estimate of drug-likeness (QED) is 0.277. The molecule has 0 aliphatic carbocycles. The Morgan fingerprint density at radius 3 is 2.29 bits per heavy atom. The minimum Gasteiger partial charge on any atom is -0.464 e. The fourth-order valence-electron chi connectivity index (χ4n) is 3.67. The minimum atomic E-state index is -0.312. The highest BCUT2D eigenvalue weighted by molar-refractivity contribution is 6.35. The van der Waals surface area contributed by atoms with E-state index in [0.29, 0.717) is 60.6 Å². The van der Waals surface area contributed by atoms with Crippen LogP contribution in [-0.4, -0.2) is 47.9 Å². The standard InChI is InChI=1S/C27H30Cl2N2O4/c1-3-34-13-7-12-30(27(33)22-14-23(28)16-24(29)15-22)19-26(32)31(17-21-8-5-4-6-9-21)18-25-11-10-20(2)35-25/h4-6,8-11,14-16H,3,7,12-13,17-19H2,1-2H3. The van der Waals surface area contributed by atoms with Gasteiger partial charge in [-0.15, -0.1) is 0 Å². The lowest BCUT2D eigenvalue weighted by Gasteiger charge is -2.27. The van der Waals surface area contributed by atoms with Gasteiger partial charge in [-0.05, 0) is 56.2 Å². The van der Waals surface area contributed by atoms with E-state index in [2.05, 4.69) is 0 Å². The topological polar surface area (TPSA) is 63.0 Å². The Hall–Kier alpha value is -2.80. The fraction of sp³-hybridized carbons (Fsp3) is 0.333. The second-order valence-electron chi connectivity index (χ2n) is 8.18. The number of nitrogens with zero attached hydrogens (tertiary/aromatic N) is 2. The molecular formula is C27H30Cl2N2O4. The van der Waals surface area contributed by atoms with Crippen molar-refractivity contribution in [2.75, 3.05) is 26.3 Å². The van der Waals surface area contributed by atoms with E-state index in [-0.39, 0.29) is 18.4 Å². The maximum atomic E-state index is 13.5. The van der Waals surface area contributed by atoms with Gasteiger partial charge in [0.1, 0.15) is 18.1 Å². The number of hydrogen-bond donors (Lipinski definition) is 0. The van der Waals surface area contributed by atoms with Gasteiger partial charge in [-0.25, -0.2) is 0 Å². The fourth-order valence-corrected chi connectivity index (χ4v) is 4.20. The van der Waals surface area contributed by atoms with E-state index in [0.717, 1.165) is 11.3 Å². The van der Waals surface area contributed by atoms with Crippen molar-refractivity contribution in [1.29, 1.82) is 0 Å². The molecule has 3 rings (SSSR count). The van der Waals surface area contributed by atoms with Crippen molar-refractivity contribution in [2.45, 2.75) is 33.4 Å². The third kappa shape index (κ3) is 8.42. The maximum Gasteiger partial charge on any atom is 0.254 e. The van der Waals surface area contributed by atoms with Crippen LogP contribution in [0.1, 0.15) is 40.8 Å². The molecular weight excluding hydrogens is 487 g/mol. The highest BCUT2D eigenvalue weighted by Crippen LogP contribution is 2.21. The van der Waals surface area contributed by atoms with Gasteiger partial charge in [0, 0.05) is 41.9 Å². The van der Waals surface area contributed by atoms with Gasteiger partial charge in [0.2, 0.25) is 5.91 Å². The molecule has 8 heteroatoms. The second kappa shape index (κ2) is 13.3. The summed E-state index contributed by atoms with van der Waals surface area (Å²) in [5, 5.41) is 0.723. The Morgan fingerprint density at radius 1 is 0.943 bits per heavy atom. The summed E-state index contributed by atoms with van der Waals surface area (Å²) in [6.07, 6.45) is 0.594. The monoisotopic (exact) mass is 516 g/mol. The molecule has 1 heterocycles. The Labute approximate surface area is 216 Å². The number of furan rings is 1. The first-order valence-corrected chi connectivity index (χ1v) is 12.3. The summed E-state index contributed by atoms with van der Waals surface area (Å²) in [5.74, 6) is 0.953. The number of rotatable bonds is 12. The summed E-state index contributed by atoms with van der Waals surface area (Å²) >= 11 is 12.2. The van der Waals surface area contributed by atoms with Crippen LogP contribution < -0.4 is 0 Å². The van der Waals surface area contributed by atoms with Gasteiger partial charge in [-0.3, -0.25) is 9.59 Å². The smallest absolute Gasteiger partial charge is 0.254 e. The molecule has 0 spiro atoms. The number of aryl methyl sites for hydroxylation is 1. The van der Waals surface area contributed by atoms with E-state index in [1.54, 1.807) is 23.1 Å². The van der Waals surface area contributed by atoms with Crippen molar-refractivity contribution in [2.24, 2.45) is 0 Å². The normalized spacial score (nSPS) is 10.9. The van der Waals surface area contributed by atoms with Crippen LogP contribution in [-0.2, 0) is 22.6 Å². The highest BCUT2D eigenvalue weighted by atomic mass is 35.5. The SMILES string of the molecule is CCOCCCN(CC(=O)N(Cc1ccccc1)Cc1ccc(C)o1)C(=O)c1cc(Cl)cc(Cl)c1. The summed E-state index contributed by atoms with van der Waals surface area (Å²) in [6.45, 7) is 5.80. The molecule has 0 bridgehead atoms. The van der Waals surface area contributed by atoms with Gasteiger partial charge in [0.15, 0.2) is 0 Å². The molecule has 186 valence electrons. The molecule has 3 aromatic rings.